The Morgan fingerprint density at radius 2 is 2.11 bits per heavy atom. The summed E-state index contributed by atoms with van der Waals surface area (Å²) in [6.07, 6.45) is 0.281. The minimum Gasteiger partial charge on any atom is -0.469 e. The number of methoxy groups -OCH3 is 1. The van der Waals surface area contributed by atoms with Gasteiger partial charge < -0.3 is 15.5 Å². The number of nitrogen functional groups attached to an aromatic ring is 1. The zero-order valence-corrected chi connectivity index (χ0v) is 10.9. The number of hydrazine groups is 1. The van der Waals surface area contributed by atoms with E-state index in [-0.39, 0.29) is 18.3 Å². The highest BCUT2D eigenvalue weighted by Crippen LogP contribution is 2.16. The SMILES string of the molecule is COC(=O)CCNc1cc(NN)nc(C(C)C)n1. The molecule has 0 amide bonds. The lowest BCUT2D eigenvalue weighted by Crippen LogP contribution is -2.14. The van der Waals surface area contributed by atoms with Gasteiger partial charge in [-0.3, -0.25) is 4.79 Å². The molecule has 4 N–H and O–H groups in total. The molecule has 0 atom stereocenters. The third-order valence-electron chi connectivity index (χ3n) is 2.27. The largest absolute Gasteiger partial charge is 0.469 e. The van der Waals surface area contributed by atoms with Crippen LogP contribution in [0.1, 0.15) is 32.0 Å². The van der Waals surface area contributed by atoms with E-state index >= 15 is 0 Å². The minimum absolute atomic E-state index is 0.194. The summed E-state index contributed by atoms with van der Waals surface area (Å²) in [6.45, 7) is 4.44. The summed E-state index contributed by atoms with van der Waals surface area (Å²) in [5.41, 5.74) is 2.49. The molecular formula is C11H19N5O2. The number of hydrogen-bond acceptors (Lipinski definition) is 7. The average molecular weight is 253 g/mol. The lowest BCUT2D eigenvalue weighted by atomic mass is 10.2. The smallest absolute Gasteiger partial charge is 0.307 e. The first kappa shape index (κ1) is 14.2. The van der Waals surface area contributed by atoms with Gasteiger partial charge in [0, 0.05) is 18.5 Å². The van der Waals surface area contributed by atoms with Gasteiger partial charge in [0.05, 0.1) is 13.5 Å². The van der Waals surface area contributed by atoms with Crippen molar-refractivity contribution in [2.75, 3.05) is 24.4 Å². The monoisotopic (exact) mass is 253 g/mol. The van der Waals surface area contributed by atoms with E-state index in [1.165, 1.54) is 7.11 Å². The van der Waals surface area contributed by atoms with Gasteiger partial charge in [-0.2, -0.15) is 0 Å². The van der Waals surface area contributed by atoms with Crippen LogP contribution in [0.4, 0.5) is 11.6 Å². The van der Waals surface area contributed by atoms with Crippen LogP contribution in [0.3, 0.4) is 0 Å². The van der Waals surface area contributed by atoms with Gasteiger partial charge in [0.15, 0.2) is 0 Å². The van der Waals surface area contributed by atoms with Gasteiger partial charge in [-0.05, 0) is 0 Å². The van der Waals surface area contributed by atoms with E-state index < -0.39 is 0 Å². The molecule has 100 valence electrons. The third kappa shape index (κ3) is 4.17. The topological polar surface area (TPSA) is 102 Å². The van der Waals surface area contributed by atoms with E-state index in [0.29, 0.717) is 24.0 Å². The number of carbonyl (C=O) groups excluding carboxylic acids is 1. The van der Waals surface area contributed by atoms with Crippen molar-refractivity contribution in [3.63, 3.8) is 0 Å². The lowest BCUT2D eigenvalue weighted by molar-refractivity contribution is -0.140. The fraction of sp³-hybridized carbons (Fsp3) is 0.545. The Kier molecular flexibility index (Phi) is 5.31. The first-order chi connectivity index (χ1) is 8.56. The number of carbonyl (C=O) groups is 1. The highest BCUT2D eigenvalue weighted by molar-refractivity contribution is 5.69. The van der Waals surface area contributed by atoms with Gasteiger partial charge >= 0.3 is 5.97 Å². The molecule has 1 rings (SSSR count). The summed E-state index contributed by atoms with van der Waals surface area (Å²) in [6, 6.07) is 1.68. The van der Waals surface area contributed by atoms with E-state index in [1.54, 1.807) is 6.07 Å². The van der Waals surface area contributed by atoms with E-state index in [2.05, 4.69) is 25.4 Å². The number of nitrogens with two attached hydrogens (primary N) is 1. The highest BCUT2D eigenvalue weighted by atomic mass is 16.5. The predicted octanol–water partition coefficient (Wildman–Crippen LogP) is 0.861. The summed E-state index contributed by atoms with van der Waals surface area (Å²) < 4.78 is 4.55. The highest BCUT2D eigenvalue weighted by Gasteiger charge is 2.08. The van der Waals surface area contributed by atoms with Crippen molar-refractivity contribution in [2.24, 2.45) is 5.84 Å². The normalized spacial score (nSPS) is 10.3. The number of esters is 1. The van der Waals surface area contributed by atoms with Crippen molar-refractivity contribution in [1.82, 2.24) is 9.97 Å². The van der Waals surface area contributed by atoms with Crippen molar-refractivity contribution in [2.45, 2.75) is 26.2 Å². The molecule has 1 aromatic rings. The number of rotatable bonds is 6. The molecule has 1 heterocycles. The van der Waals surface area contributed by atoms with Gasteiger partial charge in [-0.1, -0.05) is 13.8 Å². The van der Waals surface area contributed by atoms with Crippen LogP contribution in [0.2, 0.25) is 0 Å². The van der Waals surface area contributed by atoms with Crippen molar-refractivity contribution >= 4 is 17.6 Å². The van der Waals surface area contributed by atoms with Crippen LogP contribution < -0.4 is 16.6 Å². The number of aromatic nitrogens is 2. The molecule has 0 radical (unpaired) electrons. The molecule has 0 aliphatic rings. The van der Waals surface area contributed by atoms with E-state index in [1.807, 2.05) is 13.8 Å². The molecule has 0 saturated carbocycles. The second kappa shape index (κ2) is 6.75. The summed E-state index contributed by atoms with van der Waals surface area (Å²) in [5.74, 6) is 7.12. The van der Waals surface area contributed by atoms with Gasteiger partial charge in [-0.25, -0.2) is 15.8 Å². The summed E-state index contributed by atoms with van der Waals surface area (Å²) in [5, 5.41) is 3.03. The number of anilines is 2. The maximum Gasteiger partial charge on any atom is 0.307 e. The Morgan fingerprint density at radius 1 is 1.44 bits per heavy atom. The average Bonchev–Trinajstić information content (AvgIpc) is 2.37. The number of nitrogens with zero attached hydrogens (tertiary/aromatic N) is 2. The third-order valence-corrected chi connectivity index (χ3v) is 2.27. The summed E-state index contributed by atoms with van der Waals surface area (Å²) in [4.78, 5) is 19.5. The molecule has 18 heavy (non-hydrogen) atoms. The van der Waals surface area contributed by atoms with Crippen LogP contribution in [-0.2, 0) is 9.53 Å². The van der Waals surface area contributed by atoms with Crippen molar-refractivity contribution in [1.29, 1.82) is 0 Å². The molecule has 0 fully saturated rings. The molecule has 0 aliphatic heterocycles. The van der Waals surface area contributed by atoms with E-state index in [0.717, 1.165) is 0 Å². The Morgan fingerprint density at radius 3 is 2.67 bits per heavy atom. The van der Waals surface area contributed by atoms with Gasteiger partial charge in [0.25, 0.3) is 0 Å². The van der Waals surface area contributed by atoms with E-state index in [9.17, 15) is 4.79 Å². The first-order valence-corrected chi connectivity index (χ1v) is 5.73. The standard InChI is InChI=1S/C11H19N5O2/c1-7(2)11-14-8(6-9(15-11)16-12)13-5-4-10(17)18-3/h6-7H,4-5,12H2,1-3H3,(H2,13,14,15,16). The van der Waals surface area contributed by atoms with Crippen LogP contribution in [0.5, 0.6) is 0 Å². The maximum absolute atomic E-state index is 11.0. The zero-order valence-electron chi connectivity index (χ0n) is 10.9. The van der Waals surface area contributed by atoms with Crippen LogP contribution in [0.25, 0.3) is 0 Å². The fourth-order valence-electron chi connectivity index (χ4n) is 1.28. The summed E-state index contributed by atoms with van der Waals surface area (Å²) in [7, 11) is 1.36. The molecule has 0 saturated heterocycles. The first-order valence-electron chi connectivity index (χ1n) is 5.73. The van der Waals surface area contributed by atoms with Crippen molar-refractivity contribution < 1.29 is 9.53 Å². The molecular weight excluding hydrogens is 234 g/mol. The molecule has 0 aromatic carbocycles. The van der Waals surface area contributed by atoms with Crippen molar-refractivity contribution in [3.05, 3.63) is 11.9 Å². The number of nitrogens with one attached hydrogen (secondary N) is 2. The molecule has 0 aliphatic carbocycles. The Hall–Kier alpha value is -1.89. The van der Waals surface area contributed by atoms with Gasteiger partial charge in [0.2, 0.25) is 0 Å². The minimum atomic E-state index is -0.266. The van der Waals surface area contributed by atoms with Crippen molar-refractivity contribution in [3.8, 4) is 0 Å². The van der Waals surface area contributed by atoms with Crippen LogP contribution in [0, 0.1) is 0 Å². The molecule has 0 bridgehead atoms. The van der Waals surface area contributed by atoms with Crippen LogP contribution in [0.15, 0.2) is 6.07 Å². The Labute approximate surface area is 106 Å². The van der Waals surface area contributed by atoms with Crippen LogP contribution >= 0.6 is 0 Å². The second-order valence-corrected chi connectivity index (χ2v) is 4.05. The molecule has 7 nitrogen and oxygen atoms in total. The molecule has 7 heteroatoms. The summed E-state index contributed by atoms with van der Waals surface area (Å²) >= 11 is 0. The maximum atomic E-state index is 11.0. The quantitative estimate of drug-likeness (QED) is 0.392. The van der Waals surface area contributed by atoms with E-state index in [4.69, 9.17) is 5.84 Å². The second-order valence-electron chi connectivity index (χ2n) is 4.05. The van der Waals surface area contributed by atoms with Gasteiger partial charge in [0.1, 0.15) is 17.5 Å². The number of hydrogen-bond donors (Lipinski definition) is 3. The lowest BCUT2D eigenvalue weighted by Gasteiger charge is -2.10. The molecule has 0 spiro atoms. The van der Waals surface area contributed by atoms with Crippen LogP contribution in [-0.4, -0.2) is 29.6 Å². The fourth-order valence-corrected chi connectivity index (χ4v) is 1.28. The predicted molar refractivity (Wildman–Crippen MR) is 69.1 cm³/mol. The Bertz CT molecular complexity index is 408. The molecule has 0 unspecified atom stereocenters. The Balaban J connectivity index is 2.69. The molecule has 1 aromatic heterocycles. The zero-order chi connectivity index (χ0) is 13.5. The number of ether oxygens (including phenoxy) is 1. The van der Waals surface area contributed by atoms with Gasteiger partial charge in [-0.15, -0.1) is 0 Å².